The Balaban J connectivity index is 0.000000227. The summed E-state index contributed by atoms with van der Waals surface area (Å²) in [7, 11) is 0. The summed E-state index contributed by atoms with van der Waals surface area (Å²) >= 11 is 0. The van der Waals surface area contributed by atoms with Crippen molar-refractivity contribution < 1.29 is 24.2 Å². The Morgan fingerprint density at radius 3 is 2.43 bits per heavy atom. The number of hydrogen-bond donors (Lipinski definition) is 1. The number of fused-ring (bicyclic) bond motifs is 1. The Hall–Kier alpha value is -1.65. The fraction of sp³-hybridized carbons (Fsp3) is 0.783. The van der Waals surface area contributed by atoms with E-state index in [2.05, 4.69) is 24.7 Å². The number of Topliss-reactive ketones (excluding diaryl/α,β-unsaturated/α-hetero) is 1. The van der Waals surface area contributed by atoms with Gasteiger partial charge in [0.15, 0.2) is 0 Å². The minimum atomic E-state index is -0.706. The maximum atomic E-state index is 10.4. The van der Waals surface area contributed by atoms with Gasteiger partial charge in [-0.3, -0.25) is 14.4 Å². The molecular weight excluding hydrogens is 356 g/mol. The van der Waals surface area contributed by atoms with E-state index in [1.165, 1.54) is 38.5 Å². The quantitative estimate of drug-likeness (QED) is 0.405. The van der Waals surface area contributed by atoms with Gasteiger partial charge in [0.25, 0.3) is 0 Å². The largest absolute Gasteiger partial charge is 0.481 e. The van der Waals surface area contributed by atoms with Gasteiger partial charge in [-0.25, -0.2) is 0 Å². The summed E-state index contributed by atoms with van der Waals surface area (Å²) in [5, 5.41) is 8.18. The Labute approximate surface area is 169 Å². The molecule has 1 saturated carbocycles. The number of hydrogen-bond acceptors (Lipinski definition) is 4. The number of esters is 1. The second-order valence-electron chi connectivity index (χ2n) is 8.24. The minimum absolute atomic E-state index is 0.0127. The third kappa shape index (κ3) is 8.15. The normalized spacial score (nSPS) is 27.6. The van der Waals surface area contributed by atoms with Crippen molar-refractivity contribution in [2.45, 2.75) is 85.5 Å². The number of carboxylic acids is 1. The fourth-order valence-corrected chi connectivity index (χ4v) is 4.18. The summed E-state index contributed by atoms with van der Waals surface area (Å²) in [4.78, 5) is 30.5. The highest BCUT2D eigenvalue weighted by Gasteiger charge is 2.33. The van der Waals surface area contributed by atoms with Gasteiger partial charge < -0.3 is 9.84 Å². The molecule has 160 valence electrons. The Morgan fingerprint density at radius 2 is 1.96 bits per heavy atom. The molecule has 1 N–H and O–H groups in total. The lowest BCUT2D eigenvalue weighted by atomic mass is 9.65. The zero-order valence-electron chi connectivity index (χ0n) is 18.0. The molecule has 4 unspecified atom stereocenters. The van der Waals surface area contributed by atoms with Crippen LogP contribution in [0.4, 0.5) is 0 Å². The smallest absolute Gasteiger partial charge is 0.313 e. The van der Waals surface area contributed by atoms with E-state index in [1.807, 2.05) is 12.5 Å². The number of carbonyl (C=O) groups is 3. The van der Waals surface area contributed by atoms with Crippen LogP contribution in [0.1, 0.15) is 85.5 Å². The summed E-state index contributed by atoms with van der Waals surface area (Å²) < 4.78 is 4.49. The molecule has 3 aliphatic rings. The zero-order chi connectivity index (χ0) is 21.1. The minimum Gasteiger partial charge on any atom is -0.481 e. The van der Waals surface area contributed by atoms with E-state index in [0.29, 0.717) is 6.42 Å². The first-order chi connectivity index (χ1) is 13.3. The van der Waals surface area contributed by atoms with Crippen LogP contribution in [0.5, 0.6) is 0 Å². The molecule has 1 aliphatic heterocycles. The molecule has 4 atom stereocenters. The number of rotatable bonds is 3. The SMILES string of the molecule is CCC(C)C(=O)O.CCC1C(C)CCC2=CCCCC21.O=C1CCOC(=O)C1. The fourth-order valence-electron chi connectivity index (χ4n) is 4.18. The lowest BCUT2D eigenvalue weighted by Gasteiger charge is -2.40. The summed E-state index contributed by atoms with van der Waals surface area (Å²) in [5.74, 6) is 1.66. The van der Waals surface area contributed by atoms with E-state index in [9.17, 15) is 14.4 Å². The number of ketones is 1. The van der Waals surface area contributed by atoms with Gasteiger partial charge in [-0.05, 0) is 56.3 Å². The Bertz CT molecular complexity index is 537. The summed E-state index contributed by atoms with van der Waals surface area (Å²) in [6.45, 7) is 8.66. The standard InChI is InChI=1S/C13H22.C5H6O3.C5H10O2/c1-3-12-10(2)8-9-11-6-4-5-7-13(11)12;6-4-1-2-8-5(7)3-4;1-3-4(2)5(6)7/h6,10,12-13H,3-5,7-9H2,1-2H3;1-3H2;4H,3H2,1-2H3,(H,6,7). The molecule has 0 radical (unpaired) electrons. The van der Waals surface area contributed by atoms with Crippen LogP contribution >= 0.6 is 0 Å². The first-order valence-corrected chi connectivity index (χ1v) is 10.9. The van der Waals surface area contributed by atoms with Gasteiger partial charge in [-0.1, -0.05) is 45.8 Å². The second kappa shape index (κ2) is 12.7. The monoisotopic (exact) mass is 394 g/mol. The molecule has 1 heterocycles. The lowest BCUT2D eigenvalue weighted by Crippen LogP contribution is -2.29. The van der Waals surface area contributed by atoms with Crippen molar-refractivity contribution in [1.82, 2.24) is 0 Å². The zero-order valence-corrected chi connectivity index (χ0v) is 18.0. The first-order valence-electron chi connectivity index (χ1n) is 10.9. The summed E-state index contributed by atoms with van der Waals surface area (Å²) in [6, 6.07) is 0. The molecular formula is C23H38O5. The average molecular weight is 395 g/mol. The van der Waals surface area contributed by atoms with E-state index < -0.39 is 5.97 Å². The maximum Gasteiger partial charge on any atom is 0.313 e. The van der Waals surface area contributed by atoms with Crippen molar-refractivity contribution in [3.63, 3.8) is 0 Å². The average Bonchev–Trinajstić information content (AvgIpc) is 2.68. The van der Waals surface area contributed by atoms with E-state index in [4.69, 9.17) is 5.11 Å². The molecule has 0 spiro atoms. The Kier molecular flexibility index (Phi) is 11.1. The molecule has 0 aromatic carbocycles. The highest BCUT2D eigenvalue weighted by atomic mass is 16.5. The van der Waals surface area contributed by atoms with Crippen molar-refractivity contribution in [3.8, 4) is 0 Å². The summed E-state index contributed by atoms with van der Waals surface area (Å²) in [5.41, 5.74) is 1.82. The number of carbonyl (C=O) groups excluding carboxylic acids is 2. The van der Waals surface area contributed by atoms with Crippen LogP contribution < -0.4 is 0 Å². The van der Waals surface area contributed by atoms with E-state index in [-0.39, 0.29) is 30.7 Å². The van der Waals surface area contributed by atoms with E-state index >= 15 is 0 Å². The van der Waals surface area contributed by atoms with Crippen molar-refractivity contribution in [2.24, 2.45) is 23.7 Å². The van der Waals surface area contributed by atoms with Crippen LogP contribution in [0.15, 0.2) is 11.6 Å². The molecule has 2 fully saturated rings. The van der Waals surface area contributed by atoms with Crippen LogP contribution in [0.3, 0.4) is 0 Å². The summed E-state index contributed by atoms with van der Waals surface area (Å²) in [6.07, 6.45) is 12.2. The molecule has 28 heavy (non-hydrogen) atoms. The van der Waals surface area contributed by atoms with Crippen LogP contribution in [-0.4, -0.2) is 29.4 Å². The predicted molar refractivity (Wildman–Crippen MR) is 110 cm³/mol. The van der Waals surface area contributed by atoms with Crippen LogP contribution in [0.25, 0.3) is 0 Å². The third-order valence-electron chi connectivity index (χ3n) is 6.23. The molecule has 3 rings (SSSR count). The van der Waals surface area contributed by atoms with Crippen molar-refractivity contribution in [2.75, 3.05) is 6.61 Å². The molecule has 0 amide bonds. The van der Waals surface area contributed by atoms with Gasteiger partial charge in [-0.2, -0.15) is 0 Å². The highest BCUT2D eigenvalue weighted by Crippen LogP contribution is 2.44. The third-order valence-corrected chi connectivity index (χ3v) is 6.23. The topological polar surface area (TPSA) is 80.7 Å². The van der Waals surface area contributed by atoms with Crippen LogP contribution in [0, 0.1) is 23.7 Å². The second-order valence-corrected chi connectivity index (χ2v) is 8.24. The van der Waals surface area contributed by atoms with Gasteiger partial charge in [0.2, 0.25) is 0 Å². The maximum absolute atomic E-state index is 10.4. The van der Waals surface area contributed by atoms with Crippen molar-refractivity contribution >= 4 is 17.7 Å². The van der Waals surface area contributed by atoms with E-state index in [0.717, 1.165) is 24.2 Å². The predicted octanol–water partition coefficient (Wildman–Crippen LogP) is 5.18. The molecule has 5 heteroatoms. The first kappa shape index (κ1) is 24.4. The van der Waals surface area contributed by atoms with Crippen molar-refractivity contribution in [1.29, 1.82) is 0 Å². The Morgan fingerprint density at radius 1 is 1.25 bits per heavy atom. The van der Waals surface area contributed by atoms with Crippen LogP contribution in [0.2, 0.25) is 0 Å². The number of cyclic esters (lactones) is 1. The molecule has 0 bridgehead atoms. The van der Waals surface area contributed by atoms with Gasteiger partial charge in [-0.15, -0.1) is 0 Å². The lowest BCUT2D eigenvalue weighted by molar-refractivity contribution is -0.151. The number of allylic oxidation sites excluding steroid dienone is 2. The van der Waals surface area contributed by atoms with Gasteiger partial charge >= 0.3 is 11.9 Å². The number of carboxylic acid groups (broad SMARTS) is 1. The molecule has 1 saturated heterocycles. The number of aliphatic carboxylic acids is 1. The number of ether oxygens (including phenoxy) is 1. The van der Waals surface area contributed by atoms with Gasteiger partial charge in [0.05, 0.1) is 12.5 Å². The van der Waals surface area contributed by atoms with Crippen LogP contribution in [-0.2, 0) is 19.1 Å². The molecule has 5 nitrogen and oxygen atoms in total. The van der Waals surface area contributed by atoms with Gasteiger partial charge in [0, 0.05) is 6.42 Å². The molecule has 0 aromatic rings. The van der Waals surface area contributed by atoms with E-state index in [1.54, 1.807) is 6.92 Å². The molecule has 0 aromatic heterocycles. The van der Waals surface area contributed by atoms with Crippen molar-refractivity contribution in [3.05, 3.63) is 11.6 Å². The highest BCUT2D eigenvalue weighted by molar-refractivity contribution is 5.97. The molecule has 2 aliphatic carbocycles. The van der Waals surface area contributed by atoms with Gasteiger partial charge in [0.1, 0.15) is 12.2 Å².